The number of phenolic OH excluding ortho intramolecular Hbond substituents is 1. The van der Waals surface area contributed by atoms with Crippen molar-refractivity contribution < 1.29 is 23.1 Å². The Morgan fingerprint density at radius 3 is 1.89 bits per heavy atom. The van der Waals surface area contributed by atoms with E-state index in [0.29, 0.717) is 12.1 Å². The van der Waals surface area contributed by atoms with Crippen LogP contribution < -0.4 is 0 Å². The Morgan fingerprint density at radius 2 is 1.39 bits per heavy atom. The predicted molar refractivity (Wildman–Crippen MR) is 57.9 cm³/mol. The number of carbonyl (C=O) groups is 1. The Bertz CT molecular complexity index is 583. The molecule has 0 saturated heterocycles. The summed E-state index contributed by atoms with van der Waals surface area (Å²) in [6.07, 6.45) is 0. The monoisotopic (exact) mass is 252 g/mol. The fraction of sp³-hybridized carbons (Fsp3) is 0. The first-order valence-corrected chi connectivity index (χ1v) is 4.97. The molecule has 0 aromatic heterocycles. The Hall–Kier alpha value is -2.30. The molecule has 0 unspecified atom stereocenters. The average Bonchev–Trinajstić information content (AvgIpc) is 2.35. The lowest BCUT2D eigenvalue weighted by Gasteiger charge is -2.03. The maximum absolute atomic E-state index is 13.0. The zero-order valence-corrected chi connectivity index (χ0v) is 8.95. The molecule has 0 fully saturated rings. The van der Waals surface area contributed by atoms with Crippen LogP contribution in [0.4, 0.5) is 13.2 Å². The van der Waals surface area contributed by atoms with Gasteiger partial charge in [0.2, 0.25) is 0 Å². The van der Waals surface area contributed by atoms with Crippen LogP contribution in [-0.4, -0.2) is 10.9 Å². The van der Waals surface area contributed by atoms with Gasteiger partial charge in [-0.25, -0.2) is 13.2 Å². The Balaban J connectivity index is 2.43. The fourth-order valence-corrected chi connectivity index (χ4v) is 1.47. The molecule has 0 spiro atoms. The predicted octanol–water partition coefficient (Wildman–Crippen LogP) is 3.04. The number of benzene rings is 2. The molecule has 0 saturated carbocycles. The molecular formula is C13H7F3O2. The van der Waals surface area contributed by atoms with Crippen molar-refractivity contribution in [3.8, 4) is 5.75 Å². The molecule has 2 nitrogen and oxygen atoms in total. The van der Waals surface area contributed by atoms with Gasteiger partial charge in [0.05, 0.1) is 0 Å². The fourth-order valence-electron chi connectivity index (χ4n) is 1.47. The minimum absolute atomic E-state index is 0.0389. The summed E-state index contributed by atoms with van der Waals surface area (Å²) in [6, 6.07) is 6.40. The van der Waals surface area contributed by atoms with E-state index in [1.807, 2.05) is 0 Å². The largest absolute Gasteiger partial charge is 0.508 e. The normalized spacial score (nSPS) is 10.4. The van der Waals surface area contributed by atoms with Gasteiger partial charge in [-0.05, 0) is 36.4 Å². The van der Waals surface area contributed by atoms with E-state index in [4.69, 9.17) is 5.11 Å². The second kappa shape index (κ2) is 4.52. The maximum Gasteiger partial charge on any atom is 0.194 e. The highest BCUT2D eigenvalue weighted by atomic mass is 19.2. The van der Waals surface area contributed by atoms with Gasteiger partial charge in [-0.3, -0.25) is 4.79 Å². The maximum atomic E-state index is 13.0. The van der Waals surface area contributed by atoms with Crippen LogP contribution in [0.1, 0.15) is 15.9 Å². The highest BCUT2D eigenvalue weighted by molar-refractivity contribution is 6.09. The second-order valence-corrected chi connectivity index (χ2v) is 3.63. The number of rotatable bonds is 2. The van der Waals surface area contributed by atoms with Crippen molar-refractivity contribution in [2.45, 2.75) is 0 Å². The summed E-state index contributed by atoms with van der Waals surface area (Å²) in [6.45, 7) is 0. The van der Waals surface area contributed by atoms with Crippen LogP contribution >= 0.6 is 0 Å². The third-order valence-corrected chi connectivity index (χ3v) is 2.38. The first-order chi connectivity index (χ1) is 8.49. The highest BCUT2D eigenvalue weighted by Gasteiger charge is 2.16. The van der Waals surface area contributed by atoms with Crippen molar-refractivity contribution in [1.82, 2.24) is 0 Å². The van der Waals surface area contributed by atoms with E-state index in [9.17, 15) is 18.0 Å². The van der Waals surface area contributed by atoms with Gasteiger partial charge in [0.15, 0.2) is 23.2 Å². The third kappa shape index (κ3) is 2.20. The molecule has 0 atom stereocenters. The van der Waals surface area contributed by atoms with Crippen LogP contribution in [0, 0.1) is 17.5 Å². The molecule has 0 bridgehead atoms. The molecular weight excluding hydrogens is 245 g/mol. The quantitative estimate of drug-likeness (QED) is 0.658. The SMILES string of the molecule is O=C(c1ccc(O)cc1)c1cc(F)c(F)c(F)c1. The van der Waals surface area contributed by atoms with Crippen molar-refractivity contribution in [2.24, 2.45) is 0 Å². The van der Waals surface area contributed by atoms with Gasteiger partial charge in [0.25, 0.3) is 0 Å². The average molecular weight is 252 g/mol. The van der Waals surface area contributed by atoms with Gasteiger partial charge in [-0.15, -0.1) is 0 Å². The molecule has 0 amide bonds. The summed E-state index contributed by atoms with van der Waals surface area (Å²) in [7, 11) is 0. The minimum atomic E-state index is -1.61. The summed E-state index contributed by atoms with van der Waals surface area (Å²) < 4.78 is 38.7. The molecule has 0 aliphatic carbocycles. The molecule has 2 aromatic carbocycles. The Kier molecular flexibility index (Phi) is 3.06. The van der Waals surface area contributed by atoms with Crippen LogP contribution in [0.2, 0.25) is 0 Å². The molecule has 0 aliphatic rings. The van der Waals surface area contributed by atoms with Crippen molar-refractivity contribution in [3.63, 3.8) is 0 Å². The van der Waals surface area contributed by atoms with Crippen LogP contribution in [0.5, 0.6) is 5.75 Å². The van der Waals surface area contributed by atoms with Crippen LogP contribution in [0.15, 0.2) is 36.4 Å². The Morgan fingerprint density at radius 1 is 0.889 bits per heavy atom. The van der Waals surface area contributed by atoms with E-state index >= 15 is 0 Å². The van der Waals surface area contributed by atoms with E-state index in [-0.39, 0.29) is 16.9 Å². The van der Waals surface area contributed by atoms with E-state index in [2.05, 4.69) is 0 Å². The Labute approximate surface area is 100 Å². The summed E-state index contributed by atoms with van der Waals surface area (Å²) in [5.74, 6) is -5.15. The minimum Gasteiger partial charge on any atom is -0.508 e. The van der Waals surface area contributed by atoms with E-state index in [0.717, 1.165) is 0 Å². The third-order valence-electron chi connectivity index (χ3n) is 2.38. The molecule has 2 aromatic rings. The number of halogens is 3. The van der Waals surface area contributed by atoms with Crippen molar-refractivity contribution in [2.75, 3.05) is 0 Å². The van der Waals surface area contributed by atoms with E-state index < -0.39 is 23.2 Å². The molecule has 18 heavy (non-hydrogen) atoms. The van der Waals surface area contributed by atoms with Crippen LogP contribution in [-0.2, 0) is 0 Å². The van der Waals surface area contributed by atoms with E-state index in [1.165, 1.54) is 24.3 Å². The van der Waals surface area contributed by atoms with Crippen molar-refractivity contribution >= 4 is 5.78 Å². The first-order valence-electron chi connectivity index (χ1n) is 4.97. The number of ketones is 1. The highest BCUT2D eigenvalue weighted by Crippen LogP contribution is 2.18. The summed E-state index contributed by atoms with van der Waals surface area (Å²) in [4.78, 5) is 11.8. The van der Waals surface area contributed by atoms with Gasteiger partial charge in [-0.2, -0.15) is 0 Å². The van der Waals surface area contributed by atoms with Crippen molar-refractivity contribution in [3.05, 3.63) is 65.0 Å². The molecule has 0 heterocycles. The number of aromatic hydroxyl groups is 1. The lowest BCUT2D eigenvalue weighted by Crippen LogP contribution is -2.04. The number of hydrogen-bond acceptors (Lipinski definition) is 2. The van der Waals surface area contributed by atoms with E-state index in [1.54, 1.807) is 0 Å². The van der Waals surface area contributed by atoms with Gasteiger partial charge in [-0.1, -0.05) is 0 Å². The van der Waals surface area contributed by atoms with Gasteiger partial charge >= 0.3 is 0 Å². The number of phenols is 1. The zero-order valence-electron chi connectivity index (χ0n) is 8.95. The van der Waals surface area contributed by atoms with Gasteiger partial charge in [0, 0.05) is 11.1 Å². The zero-order chi connectivity index (χ0) is 13.3. The smallest absolute Gasteiger partial charge is 0.194 e. The molecule has 0 radical (unpaired) electrons. The number of carbonyl (C=O) groups excluding carboxylic acids is 1. The summed E-state index contributed by atoms with van der Waals surface area (Å²) in [5.41, 5.74) is -0.157. The van der Waals surface area contributed by atoms with Crippen molar-refractivity contribution in [1.29, 1.82) is 0 Å². The molecule has 92 valence electrons. The molecule has 2 rings (SSSR count). The summed E-state index contributed by atoms with van der Waals surface area (Å²) in [5, 5.41) is 9.05. The molecule has 5 heteroatoms. The lowest BCUT2D eigenvalue weighted by atomic mass is 10.0. The topological polar surface area (TPSA) is 37.3 Å². The molecule has 0 aliphatic heterocycles. The van der Waals surface area contributed by atoms with Gasteiger partial charge in [0.1, 0.15) is 5.75 Å². The first kappa shape index (κ1) is 12.2. The lowest BCUT2D eigenvalue weighted by molar-refractivity contribution is 0.103. The second-order valence-electron chi connectivity index (χ2n) is 3.63. The summed E-state index contributed by atoms with van der Waals surface area (Å²) >= 11 is 0. The number of hydrogen-bond donors (Lipinski definition) is 1. The standard InChI is InChI=1S/C13H7F3O2/c14-10-5-8(6-11(15)12(10)16)13(18)7-1-3-9(17)4-2-7/h1-6,17H. The van der Waals surface area contributed by atoms with Crippen LogP contribution in [0.25, 0.3) is 0 Å². The molecule has 1 N–H and O–H groups in total. The van der Waals surface area contributed by atoms with Gasteiger partial charge < -0.3 is 5.11 Å². The van der Waals surface area contributed by atoms with Crippen LogP contribution in [0.3, 0.4) is 0 Å².